The van der Waals surface area contributed by atoms with Crippen molar-refractivity contribution in [2.45, 2.75) is 32.6 Å². The highest BCUT2D eigenvalue weighted by Crippen LogP contribution is 2.14. The summed E-state index contributed by atoms with van der Waals surface area (Å²) in [6, 6.07) is 5.59. The molecule has 0 aliphatic heterocycles. The molecule has 0 saturated carbocycles. The fraction of sp³-hybridized carbons (Fsp3) is 0.385. The van der Waals surface area contributed by atoms with Gasteiger partial charge in [-0.1, -0.05) is 11.3 Å². The highest BCUT2D eigenvalue weighted by atomic mass is 16.4. The lowest BCUT2D eigenvalue weighted by Crippen LogP contribution is -2.12. The van der Waals surface area contributed by atoms with E-state index in [0.29, 0.717) is 23.9 Å². The van der Waals surface area contributed by atoms with Crippen LogP contribution < -0.4 is 0 Å². The molecule has 0 spiro atoms. The third kappa shape index (κ3) is 3.15. The summed E-state index contributed by atoms with van der Waals surface area (Å²) in [4.78, 5) is 22.3. The maximum atomic E-state index is 12.0. The Hall–Kier alpha value is -2.24. The normalized spacial score (nSPS) is 10.8. The van der Waals surface area contributed by atoms with Crippen LogP contribution in [0.3, 0.4) is 0 Å². The molecular formula is C13H15N3O3. The van der Waals surface area contributed by atoms with Crippen LogP contribution >= 0.6 is 0 Å². The molecule has 2 aromatic rings. The lowest BCUT2D eigenvalue weighted by molar-refractivity contribution is -0.137. The summed E-state index contributed by atoms with van der Waals surface area (Å²) in [5.41, 5.74) is 2.45. The van der Waals surface area contributed by atoms with Crippen molar-refractivity contribution in [1.29, 1.82) is 0 Å². The van der Waals surface area contributed by atoms with Crippen molar-refractivity contribution in [3.8, 4) is 0 Å². The number of fused-ring (bicyclic) bond motifs is 1. The smallest absolute Gasteiger partial charge is 0.303 e. The van der Waals surface area contributed by atoms with Gasteiger partial charge in [-0.2, -0.15) is 4.68 Å². The first-order valence-corrected chi connectivity index (χ1v) is 6.15. The number of unbranched alkanes of at least 4 members (excludes halogenated alkanes) is 1. The summed E-state index contributed by atoms with van der Waals surface area (Å²) < 4.78 is 1.29. The predicted molar refractivity (Wildman–Crippen MR) is 69.0 cm³/mol. The molecule has 0 fully saturated rings. The van der Waals surface area contributed by atoms with E-state index in [9.17, 15) is 9.59 Å². The fourth-order valence-corrected chi connectivity index (χ4v) is 1.88. The van der Waals surface area contributed by atoms with E-state index in [4.69, 9.17) is 5.11 Å². The Morgan fingerprint density at radius 2 is 2.00 bits per heavy atom. The number of hydrogen-bond donors (Lipinski definition) is 1. The van der Waals surface area contributed by atoms with Crippen molar-refractivity contribution in [2.75, 3.05) is 0 Å². The predicted octanol–water partition coefficient (Wildman–Crippen LogP) is 2.02. The highest BCUT2D eigenvalue weighted by Gasteiger charge is 2.11. The summed E-state index contributed by atoms with van der Waals surface area (Å²) >= 11 is 0. The van der Waals surface area contributed by atoms with E-state index in [-0.39, 0.29) is 18.7 Å². The third-order valence-electron chi connectivity index (χ3n) is 2.87. The van der Waals surface area contributed by atoms with Crippen LogP contribution in [0.4, 0.5) is 0 Å². The van der Waals surface area contributed by atoms with Crippen LogP contribution in [0.5, 0.6) is 0 Å². The number of hydrogen-bond acceptors (Lipinski definition) is 4. The van der Waals surface area contributed by atoms with Gasteiger partial charge in [0.2, 0.25) is 5.91 Å². The average Bonchev–Trinajstić information content (AvgIpc) is 2.77. The van der Waals surface area contributed by atoms with Gasteiger partial charge in [0.15, 0.2) is 0 Å². The molecule has 1 aromatic heterocycles. The van der Waals surface area contributed by atoms with E-state index < -0.39 is 5.97 Å². The third-order valence-corrected chi connectivity index (χ3v) is 2.87. The van der Waals surface area contributed by atoms with E-state index in [2.05, 4.69) is 10.3 Å². The van der Waals surface area contributed by atoms with Crippen LogP contribution in [0.15, 0.2) is 18.2 Å². The number of nitrogens with zero attached hydrogens (tertiary/aromatic N) is 3. The first kappa shape index (κ1) is 13.2. The molecule has 0 bridgehead atoms. The monoisotopic (exact) mass is 261 g/mol. The van der Waals surface area contributed by atoms with Crippen LogP contribution in [0.1, 0.15) is 36.0 Å². The second-order valence-corrected chi connectivity index (χ2v) is 4.49. The van der Waals surface area contributed by atoms with Gasteiger partial charge in [0.25, 0.3) is 0 Å². The quantitative estimate of drug-likeness (QED) is 0.832. The zero-order chi connectivity index (χ0) is 13.8. The lowest BCUT2D eigenvalue weighted by Gasteiger charge is -2.01. The van der Waals surface area contributed by atoms with Crippen molar-refractivity contribution in [3.63, 3.8) is 0 Å². The van der Waals surface area contributed by atoms with Gasteiger partial charge in [-0.3, -0.25) is 9.59 Å². The Morgan fingerprint density at radius 1 is 1.26 bits per heavy atom. The Bertz CT molecular complexity index is 619. The maximum absolute atomic E-state index is 12.0. The van der Waals surface area contributed by atoms with Crippen molar-refractivity contribution in [3.05, 3.63) is 23.8 Å². The van der Waals surface area contributed by atoms with Crippen molar-refractivity contribution in [1.82, 2.24) is 15.0 Å². The number of carboxylic acids is 1. The minimum Gasteiger partial charge on any atom is -0.481 e. The summed E-state index contributed by atoms with van der Waals surface area (Å²) in [5.74, 6) is -0.995. The van der Waals surface area contributed by atoms with Crippen LogP contribution in [0.2, 0.25) is 0 Å². The number of aromatic nitrogens is 3. The molecular weight excluding hydrogens is 246 g/mol. The Morgan fingerprint density at radius 3 is 2.74 bits per heavy atom. The summed E-state index contributed by atoms with van der Waals surface area (Å²) in [5, 5.41) is 16.3. The molecule has 0 saturated heterocycles. The molecule has 0 aliphatic carbocycles. The summed E-state index contributed by atoms with van der Waals surface area (Å²) in [6.45, 7) is 1.95. The number of aliphatic carboxylic acids is 1. The number of aryl methyl sites for hydroxylation is 1. The van der Waals surface area contributed by atoms with Gasteiger partial charge in [0, 0.05) is 12.8 Å². The molecule has 1 heterocycles. The number of carbonyl (C=O) groups excluding carboxylic acids is 1. The molecule has 0 aliphatic rings. The van der Waals surface area contributed by atoms with E-state index in [0.717, 1.165) is 5.56 Å². The second-order valence-electron chi connectivity index (χ2n) is 4.49. The van der Waals surface area contributed by atoms with Crippen molar-refractivity contribution in [2.24, 2.45) is 0 Å². The zero-order valence-electron chi connectivity index (χ0n) is 10.7. The molecule has 0 unspecified atom stereocenters. The largest absolute Gasteiger partial charge is 0.481 e. The molecule has 19 heavy (non-hydrogen) atoms. The molecule has 1 aromatic carbocycles. The first-order chi connectivity index (χ1) is 9.08. The SMILES string of the molecule is Cc1ccc2c(c1)nnn2C(=O)CCCCC(=O)O. The zero-order valence-corrected chi connectivity index (χ0v) is 10.7. The standard InChI is InChI=1S/C13H15N3O3/c1-9-6-7-11-10(8-9)14-15-16(11)12(17)4-2-3-5-13(18)19/h6-8H,2-5H2,1H3,(H,18,19). The van der Waals surface area contributed by atoms with E-state index in [1.807, 2.05) is 25.1 Å². The Kier molecular flexibility index (Phi) is 3.89. The molecule has 1 N–H and O–H groups in total. The maximum Gasteiger partial charge on any atom is 0.303 e. The van der Waals surface area contributed by atoms with Crippen LogP contribution in [0.25, 0.3) is 11.0 Å². The Balaban J connectivity index is 2.03. The molecule has 100 valence electrons. The van der Waals surface area contributed by atoms with Crippen LogP contribution in [-0.4, -0.2) is 32.0 Å². The van der Waals surface area contributed by atoms with E-state index >= 15 is 0 Å². The molecule has 0 atom stereocenters. The molecule has 0 amide bonds. The van der Waals surface area contributed by atoms with Gasteiger partial charge in [-0.05, 0) is 37.5 Å². The van der Waals surface area contributed by atoms with Gasteiger partial charge in [0.05, 0.1) is 5.52 Å². The minimum absolute atomic E-state index is 0.0879. The van der Waals surface area contributed by atoms with Crippen molar-refractivity contribution < 1.29 is 14.7 Å². The van der Waals surface area contributed by atoms with Gasteiger partial charge in [-0.15, -0.1) is 5.10 Å². The Labute approximate surface area is 110 Å². The fourth-order valence-electron chi connectivity index (χ4n) is 1.88. The topological polar surface area (TPSA) is 85.1 Å². The first-order valence-electron chi connectivity index (χ1n) is 6.15. The molecule has 0 radical (unpaired) electrons. The van der Waals surface area contributed by atoms with E-state index in [1.165, 1.54) is 4.68 Å². The number of carbonyl (C=O) groups is 2. The number of carboxylic acid groups (broad SMARTS) is 1. The van der Waals surface area contributed by atoms with Gasteiger partial charge < -0.3 is 5.11 Å². The lowest BCUT2D eigenvalue weighted by atomic mass is 10.2. The van der Waals surface area contributed by atoms with Gasteiger partial charge in [0.1, 0.15) is 5.52 Å². The highest BCUT2D eigenvalue weighted by molar-refractivity contribution is 5.89. The summed E-state index contributed by atoms with van der Waals surface area (Å²) in [6.07, 6.45) is 1.40. The molecule has 6 heteroatoms. The minimum atomic E-state index is -0.839. The van der Waals surface area contributed by atoms with Crippen molar-refractivity contribution >= 4 is 22.9 Å². The summed E-state index contributed by atoms with van der Waals surface area (Å²) in [7, 11) is 0. The van der Waals surface area contributed by atoms with Crippen LogP contribution in [0, 0.1) is 6.92 Å². The average molecular weight is 261 g/mol. The van der Waals surface area contributed by atoms with Gasteiger partial charge in [-0.25, -0.2) is 0 Å². The second kappa shape index (κ2) is 5.60. The number of rotatable bonds is 5. The van der Waals surface area contributed by atoms with Gasteiger partial charge >= 0.3 is 5.97 Å². The molecule has 2 rings (SSSR count). The van der Waals surface area contributed by atoms with Crippen LogP contribution in [-0.2, 0) is 4.79 Å². The molecule has 6 nitrogen and oxygen atoms in total. The number of benzene rings is 1. The van der Waals surface area contributed by atoms with E-state index in [1.54, 1.807) is 0 Å².